The largest absolute Gasteiger partial charge is 0.369 e. The molecule has 1 saturated heterocycles. The van der Waals surface area contributed by atoms with Gasteiger partial charge < -0.3 is 16.0 Å². The minimum Gasteiger partial charge on any atom is -0.369 e. The monoisotopic (exact) mass is 381 g/mol. The first-order valence-electron chi connectivity index (χ1n) is 10.8. The molecule has 1 aromatic rings. The molecule has 1 aliphatic heterocycles. The van der Waals surface area contributed by atoms with E-state index in [1.165, 1.54) is 24.8 Å². The average Bonchev–Trinajstić information content (AvgIpc) is 3.35. The molecule has 3 fully saturated rings. The van der Waals surface area contributed by atoms with Crippen molar-refractivity contribution < 1.29 is 4.79 Å². The van der Waals surface area contributed by atoms with Gasteiger partial charge in [0.15, 0.2) is 0 Å². The molecule has 0 aromatic heterocycles. The molecule has 1 amide bonds. The Morgan fingerprint density at radius 3 is 2.57 bits per heavy atom. The zero-order valence-corrected chi connectivity index (χ0v) is 17.6. The summed E-state index contributed by atoms with van der Waals surface area (Å²) in [5.74, 6) is 0.521. The van der Waals surface area contributed by atoms with Crippen molar-refractivity contribution in [3.63, 3.8) is 0 Å². The standard InChI is InChI=1S/C24H35N3O/c1-4-18(10-17-8-6-5-7-9-17)20-11-21(20)26-19-12-24(13-19)15-27(16-24)14-23(2,3)22(25)28/h5-10,19-21,26H,4,11-16H2,1-3H3,(H2,25,28)/b18-10+/t20-,21+/m0/s1. The predicted molar refractivity (Wildman–Crippen MR) is 115 cm³/mol. The molecule has 1 heterocycles. The first-order valence-corrected chi connectivity index (χ1v) is 10.8. The maximum atomic E-state index is 11.5. The minimum atomic E-state index is -0.425. The Hall–Kier alpha value is -1.65. The summed E-state index contributed by atoms with van der Waals surface area (Å²) in [6.45, 7) is 9.23. The van der Waals surface area contributed by atoms with Crippen molar-refractivity contribution in [1.29, 1.82) is 0 Å². The molecule has 4 nitrogen and oxygen atoms in total. The minimum absolute atomic E-state index is 0.198. The van der Waals surface area contributed by atoms with Crippen LogP contribution in [0.4, 0.5) is 0 Å². The van der Waals surface area contributed by atoms with Gasteiger partial charge in [0.05, 0.1) is 5.41 Å². The number of hydrogen-bond acceptors (Lipinski definition) is 3. The van der Waals surface area contributed by atoms with E-state index in [1.807, 2.05) is 13.8 Å². The Balaban J connectivity index is 1.21. The zero-order valence-electron chi connectivity index (χ0n) is 17.6. The average molecular weight is 382 g/mol. The van der Waals surface area contributed by atoms with Crippen LogP contribution in [0.25, 0.3) is 6.08 Å². The van der Waals surface area contributed by atoms with Crippen LogP contribution in [0.5, 0.6) is 0 Å². The smallest absolute Gasteiger partial charge is 0.224 e. The summed E-state index contributed by atoms with van der Waals surface area (Å²) in [4.78, 5) is 13.9. The fraction of sp³-hybridized carbons (Fsp3) is 0.625. The second kappa shape index (κ2) is 7.31. The lowest BCUT2D eigenvalue weighted by Crippen LogP contribution is -2.67. The van der Waals surface area contributed by atoms with Gasteiger partial charge in [-0.15, -0.1) is 0 Å². The SMILES string of the molecule is CC/C(=C\c1ccccc1)[C@@H]1C[C@H]1NC1CC2(C1)CN(CC(C)(C)C(N)=O)C2. The van der Waals surface area contributed by atoms with Crippen LogP contribution in [0.1, 0.15) is 52.0 Å². The van der Waals surface area contributed by atoms with Crippen molar-refractivity contribution >= 4 is 12.0 Å². The first-order chi connectivity index (χ1) is 13.3. The van der Waals surface area contributed by atoms with Gasteiger partial charge in [0.25, 0.3) is 0 Å². The Kier molecular flexibility index (Phi) is 5.13. The summed E-state index contributed by atoms with van der Waals surface area (Å²) < 4.78 is 0. The molecule has 0 radical (unpaired) electrons. The van der Waals surface area contributed by atoms with E-state index in [1.54, 1.807) is 5.57 Å². The number of hydrogen-bond donors (Lipinski definition) is 2. The van der Waals surface area contributed by atoms with Gasteiger partial charge in [-0.25, -0.2) is 0 Å². The van der Waals surface area contributed by atoms with E-state index in [2.05, 4.69) is 53.5 Å². The number of likely N-dealkylation sites (tertiary alicyclic amines) is 1. The molecule has 2 atom stereocenters. The van der Waals surface area contributed by atoms with E-state index >= 15 is 0 Å². The van der Waals surface area contributed by atoms with Crippen LogP contribution in [0.3, 0.4) is 0 Å². The van der Waals surface area contributed by atoms with Crippen molar-refractivity contribution in [3.8, 4) is 0 Å². The maximum Gasteiger partial charge on any atom is 0.224 e. The van der Waals surface area contributed by atoms with Gasteiger partial charge in [0.1, 0.15) is 0 Å². The lowest BCUT2D eigenvalue weighted by molar-refractivity contribution is -0.133. The van der Waals surface area contributed by atoms with Crippen LogP contribution < -0.4 is 11.1 Å². The second-order valence-electron chi connectivity index (χ2n) is 10.1. The van der Waals surface area contributed by atoms with Gasteiger partial charge >= 0.3 is 0 Å². The van der Waals surface area contributed by atoms with Crippen LogP contribution >= 0.6 is 0 Å². The van der Waals surface area contributed by atoms with Crippen LogP contribution in [0, 0.1) is 16.7 Å². The molecule has 4 rings (SSSR count). The molecule has 3 N–H and O–H groups in total. The number of nitrogens with zero attached hydrogens (tertiary/aromatic N) is 1. The summed E-state index contributed by atoms with van der Waals surface area (Å²) >= 11 is 0. The molecule has 28 heavy (non-hydrogen) atoms. The van der Waals surface area contributed by atoms with E-state index in [-0.39, 0.29) is 5.91 Å². The van der Waals surface area contributed by atoms with Crippen molar-refractivity contribution in [1.82, 2.24) is 10.2 Å². The van der Waals surface area contributed by atoms with Crippen molar-refractivity contribution in [2.75, 3.05) is 19.6 Å². The molecule has 0 unspecified atom stereocenters. The summed E-state index contributed by atoms with van der Waals surface area (Å²) in [7, 11) is 0. The number of nitrogens with two attached hydrogens (primary N) is 1. The third-order valence-corrected chi connectivity index (χ3v) is 7.04. The number of primary amides is 1. The number of carbonyl (C=O) groups is 1. The third-order valence-electron chi connectivity index (χ3n) is 7.04. The maximum absolute atomic E-state index is 11.5. The van der Waals surface area contributed by atoms with Gasteiger partial charge in [0, 0.05) is 31.7 Å². The molecule has 1 aromatic carbocycles. The van der Waals surface area contributed by atoms with E-state index in [0.29, 0.717) is 17.5 Å². The van der Waals surface area contributed by atoms with Gasteiger partial charge in [-0.2, -0.15) is 0 Å². The molecule has 3 aliphatic rings. The highest BCUT2D eigenvalue weighted by Crippen LogP contribution is 2.50. The van der Waals surface area contributed by atoms with Crippen LogP contribution in [0.15, 0.2) is 35.9 Å². The van der Waals surface area contributed by atoms with E-state index in [4.69, 9.17) is 5.73 Å². The highest BCUT2D eigenvalue weighted by molar-refractivity contribution is 5.80. The van der Waals surface area contributed by atoms with E-state index in [0.717, 1.165) is 32.0 Å². The third kappa shape index (κ3) is 4.04. The van der Waals surface area contributed by atoms with Crippen molar-refractivity contribution in [2.24, 2.45) is 22.5 Å². The summed E-state index contributed by atoms with van der Waals surface area (Å²) in [6.07, 6.45) is 7.38. The van der Waals surface area contributed by atoms with E-state index in [9.17, 15) is 4.79 Å². The predicted octanol–water partition coefficient (Wildman–Crippen LogP) is 3.43. The second-order valence-corrected chi connectivity index (χ2v) is 10.1. The van der Waals surface area contributed by atoms with Crippen LogP contribution in [-0.2, 0) is 4.79 Å². The quantitative estimate of drug-likeness (QED) is 0.725. The lowest BCUT2D eigenvalue weighted by atomic mass is 9.60. The van der Waals surface area contributed by atoms with Gasteiger partial charge in [0.2, 0.25) is 5.91 Å². The molecule has 2 saturated carbocycles. The topological polar surface area (TPSA) is 58.4 Å². The fourth-order valence-electron chi connectivity index (χ4n) is 5.34. The van der Waals surface area contributed by atoms with Crippen LogP contribution in [0.2, 0.25) is 0 Å². The molecule has 4 heteroatoms. The Morgan fingerprint density at radius 1 is 1.29 bits per heavy atom. The van der Waals surface area contributed by atoms with Crippen LogP contribution in [-0.4, -0.2) is 42.5 Å². The summed E-state index contributed by atoms with van der Waals surface area (Å²) in [5, 5.41) is 3.91. The summed E-state index contributed by atoms with van der Waals surface area (Å²) in [5.41, 5.74) is 8.50. The zero-order chi connectivity index (χ0) is 19.9. The molecule has 1 spiro atoms. The first kappa shape index (κ1) is 19.7. The molecule has 0 bridgehead atoms. The number of carbonyl (C=O) groups excluding carboxylic acids is 1. The normalized spacial score (nSPS) is 27.3. The Labute approximate surface area is 169 Å². The number of benzene rings is 1. The molecule has 152 valence electrons. The van der Waals surface area contributed by atoms with Crippen molar-refractivity contribution in [2.45, 2.75) is 58.5 Å². The molecular formula is C24H35N3O. The van der Waals surface area contributed by atoms with Crippen molar-refractivity contribution in [3.05, 3.63) is 41.5 Å². The highest BCUT2D eigenvalue weighted by Gasteiger charge is 2.54. The molecule has 2 aliphatic carbocycles. The Morgan fingerprint density at radius 2 is 1.96 bits per heavy atom. The number of rotatable bonds is 8. The fourth-order valence-corrected chi connectivity index (χ4v) is 5.34. The number of amides is 1. The highest BCUT2D eigenvalue weighted by atomic mass is 16.1. The lowest BCUT2D eigenvalue weighted by Gasteiger charge is -2.60. The Bertz CT molecular complexity index is 740. The number of nitrogens with one attached hydrogen (secondary N) is 1. The van der Waals surface area contributed by atoms with Gasteiger partial charge in [-0.1, -0.05) is 48.9 Å². The summed E-state index contributed by atoms with van der Waals surface area (Å²) in [6, 6.07) is 12.0. The van der Waals surface area contributed by atoms with Gasteiger partial charge in [-0.3, -0.25) is 4.79 Å². The van der Waals surface area contributed by atoms with Gasteiger partial charge in [-0.05, 0) is 56.4 Å². The van der Waals surface area contributed by atoms with E-state index < -0.39 is 5.41 Å². The molecular weight excluding hydrogens is 346 g/mol.